The molecule has 102 valence electrons. The van der Waals surface area contributed by atoms with Crippen molar-refractivity contribution in [2.45, 2.75) is 31.2 Å². The van der Waals surface area contributed by atoms with E-state index in [1.54, 1.807) is 6.07 Å². The fourth-order valence-corrected chi connectivity index (χ4v) is 2.88. The molecule has 0 aromatic heterocycles. The van der Waals surface area contributed by atoms with Crippen molar-refractivity contribution in [1.29, 1.82) is 5.26 Å². The summed E-state index contributed by atoms with van der Waals surface area (Å²) in [6, 6.07) is 7.65. The second kappa shape index (κ2) is 5.50. The van der Waals surface area contributed by atoms with Gasteiger partial charge in [-0.3, -0.25) is 0 Å². The summed E-state index contributed by atoms with van der Waals surface area (Å²) in [4.78, 5) is 2.32. The zero-order chi connectivity index (χ0) is 13.9. The molecule has 0 saturated heterocycles. The average molecular weight is 258 g/mol. The molecule has 0 atom stereocenters. The summed E-state index contributed by atoms with van der Waals surface area (Å²) in [7, 11) is 4.28. The topological polar surface area (TPSA) is 65.1 Å². The van der Waals surface area contributed by atoms with Crippen molar-refractivity contribution in [3.8, 4) is 6.07 Å². The van der Waals surface area contributed by atoms with E-state index in [-0.39, 0.29) is 5.54 Å². The third-order valence-corrected chi connectivity index (χ3v) is 4.25. The molecular weight excluding hydrogens is 236 g/mol. The van der Waals surface area contributed by atoms with Crippen LogP contribution in [0.4, 0.5) is 11.4 Å². The lowest BCUT2D eigenvalue weighted by molar-refractivity contribution is 0.172. The van der Waals surface area contributed by atoms with Crippen LogP contribution in [0.2, 0.25) is 0 Å². The molecule has 19 heavy (non-hydrogen) atoms. The number of hydrogen-bond donors (Lipinski definition) is 2. The summed E-state index contributed by atoms with van der Waals surface area (Å²) in [5.41, 5.74) is 8.05. The monoisotopic (exact) mass is 258 g/mol. The molecule has 0 heterocycles. The van der Waals surface area contributed by atoms with E-state index >= 15 is 0 Å². The minimum atomic E-state index is 0.216. The van der Waals surface area contributed by atoms with E-state index in [1.165, 1.54) is 25.7 Å². The van der Waals surface area contributed by atoms with Crippen molar-refractivity contribution < 1.29 is 0 Å². The third kappa shape index (κ3) is 2.82. The number of benzene rings is 1. The van der Waals surface area contributed by atoms with Crippen LogP contribution >= 0.6 is 0 Å². The summed E-state index contributed by atoms with van der Waals surface area (Å²) in [6.45, 7) is 0.874. The molecule has 1 aliphatic rings. The first-order valence-corrected chi connectivity index (χ1v) is 6.78. The van der Waals surface area contributed by atoms with Gasteiger partial charge < -0.3 is 16.0 Å². The normalized spacial score (nSPS) is 17.4. The number of nitrogens with zero attached hydrogens (tertiary/aromatic N) is 2. The Balaban J connectivity index is 2.12. The van der Waals surface area contributed by atoms with Crippen molar-refractivity contribution in [3.05, 3.63) is 23.8 Å². The number of nitrogens with one attached hydrogen (secondary N) is 1. The van der Waals surface area contributed by atoms with Gasteiger partial charge in [0.1, 0.15) is 6.07 Å². The summed E-state index contributed by atoms with van der Waals surface area (Å²) in [5.74, 6) is 0. The number of nitriles is 1. The second-order valence-corrected chi connectivity index (χ2v) is 5.60. The van der Waals surface area contributed by atoms with Crippen LogP contribution in [-0.2, 0) is 0 Å². The maximum atomic E-state index is 9.15. The Morgan fingerprint density at radius 2 is 2.05 bits per heavy atom. The zero-order valence-electron chi connectivity index (χ0n) is 11.7. The van der Waals surface area contributed by atoms with Crippen LogP contribution in [0.1, 0.15) is 31.2 Å². The first kappa shape index (κ1) is 13.7. The van der Waals surface area contributed by atoms with Gasteiger partial charge in [0.05, 0.1) is 11.3 Å². The van der Waals surface area contributed by atoms with Crippen molar-refractivity contribution >= 4 is 11.4 Å². The quantitative estimate of drug-likeness (QED) is 0.814. The predicted molar refractivity (Wildman–Crippen MR) is 78.9 cm³/mol. The van der Waals surface area contributed by atoms with Gasteiger partial charge in [0.15, 0.2) is 0 Å². The van der Waals surface area contributed by atoms with Crippen molar-refractivity contribution in [2.24, 2.45) is 0 Å². The van der Waals surface area contributed by atoms with Gasteiger partial charge in [0.25, 0.3) is 0 Å². The Morgan fingerprint density at radius 1 is 1.37 bits per heavy atom. The van der Waals surface area contributed by atoms with E-state index in [1.807, 2.05) is 12.1 Å². The summed E-state index contributed by atoms with van der Waals surface area (Å²) in [6.07, 6.45) is 4.99. The summed E-state index contributed by atoms with van der Waals surface area (Å²) < 4.78 is 0. The molecule has 3 N–H and O–H groups in total. The van der Waals surface area contributed by atoms with Crippen LogP contribution in [0.3, 0.4) is 0 Å². The molecule has 0 unspecified atom stereocenters. The maximum Gasteiger partial charge on any atom is 0.101 e. The van der Waals surface area contributed by atoms with E-state index in [4.69, 9.17) is 11.0 Å². The fraction of sp³-hybridized carbons (Fsp3) is 0.533. The summed E-state index contributed by atoms with van der Waals surface area (Å²) >= 11 is 0. The smallest absolute Gasteiger partial charge is 0.101 e. The molecule has 2 rings (SSSR count). The summed E-state index contributed by atoms with van der Waals surface area (Å²) in [5, 5.41) is 12.6. The number of nitrogen functional groups attached to an aromatic ring is 1. The molecule has 4 nitrogen and oxygen atoms in total. The van der Waals surface area contributed by atoms with Gasteiger partial charge in [-0.2, -0.15) is 5.26 Å². The van der Waals surface area contributed by atoms with Gasteiger partial charge in [-0.25, -0.2) is 0 Å². The molecule has 1 aromatic carbocycles. The van der Waals surface area contributed by atoms with Crippen molar-refractivity contribution in [1.82, 2.24) is 4.90 Å². The minimum Gasteiger partial charge on any atom is -0.399 e. The molecule has 4 heteroatoms. The molecule has 1 fully saturated rings. The van der Waals surface area contributed by atoms with E-state index in [0.717, 1.165) is 12.2 Å². The Kier molecular flexibility index (Phi) is 3.96. The molecular formula is C15H22N4. The highest BCUT2D eigenvalue weighted by Gasteiger charge is 2.35. The van der Waals surface area contributed by atoms with Crippen molar-refractivity contribution in [2.75, 3.05) is 31.7 Å². The van der Waals surface area contributed by atoms with Gasteiger partial charge in [0, 0.05) is 17.8 Å². The first-order chi connectivity index (χ1) is 9.07. The number of likely N-dealkylation sites (N-methyl/N-ethyl adjacent to an activating group) is 1. The highest BCUT2D eigenvalue weighted by Crippen LogP contribution is 2.34. The molecule has 0 spiro atoms. The lowest BCUT2D eigenvalue weighted by Crippen LogP contribution is -2.47. The third-order valence-electron chi connectivity index (χ3n) is 4.25. The largest absolute Gasteiger partial charge is 0.399 e. The molecule has 0 radical (unpaired) electrons. The number of anilines is 2. The number of rotatable bonds is 4. The molecule has 1 aliphatic carbocycles. The standard InChI is InChI=1S/C15H22N4/c1-19(2)15(7-3-4-8-15)11-18-14-6-5-13(17)9-12(14)10-16/h5-6,9,18H,3-4,7-8,11,17H2,1-2H3. The lowest BCUT2D eigenvalue weighted by Gasteiger charge is -2.37. The maximum absolute atomic E-state index is 9.15. The predicted octanol–water partition coefficient (Wildman–Crippen LogP) is 2.43. The Hall–Kier alpha value is -1.73. The molecule has 1 saturated carbocycles. The van der Waals surface area contributed by atoms with Gasteiger partial charge in [-0.1, -0.05) is 12.8 Å². The van der Waals surface area contributed by atoms with Crippen molar-refractivity contribution in [3.63, 3.8) is 0 Å². The highest BCUT2D eigenvalue weighted by molar-refractivity contribution is 5.63. The van der Waals surface area contributed by atoms with Gasteiger partial charge in [-0.15, -0.1) is 0 Å². The molecule has 1 aromatic rings. The van der Waals surface area contributed by atoms with Gasteiger partial charge >= 0.3 is 0 Å². The molecule has 0 amide bonds. The molecule has 0 aliphatic heterocycles. The van der Waals surface area contributed by atoms with Crippen LogP contribution in [0.25, 0.3) is 0 Å². The fourth-order valence-electron chi connectivity index (χ4n) is 2.88. The van der Waals surface area contributed by atoms with Crippen LogP contribution in [0, 0.1) is 11.3 Å². The first-order valence-electron chi connectivity index (χ1n) is 6.78. The van der Waals surface area contributed by atoms with Gasteiger partial charge in [0.2, 0.25) is 0 Å². The van der Waals surface area contributed by atoms with E-state index in [0.29, 0.717) is 11.3 Å². The van der Waals surface area contributed by atoms with E-state index in [9.17, 15) is 0 Å². The molecule has 0 bridgehead atoms. The number of hydrogen-bond acceptors (Lipinski definition) is 4. The lowest BCUT2D eigenvalue weighted by atomic mass is 9.95. The Labute approximate surface area is 115 Å². The minimum absolute atomic E-state index is 0.216. The Morgan fingerprint density at radius 3 is 2.63 bits per heavy atom. The van der Waals surface area contributed by atoms with E-state index in [2.05, 4.69) is 30.4 Å². The SMILES string of the molecule is CN(C)C1(CNc2ccc(N)cc2C#N)CCCC1. The number of nitrogens with two attached hydrogens (primary N) is 1. The Bertz CT molecular complexity index is 481. The highest BCUT2D eigenvalue weighted by atomic mass is 15.2. The second-order valence-electron chi connectivity index (χ2n) is 5.60. The van der Waals surface area contributed by atoms with Crippen LogP contribution in [-0.4, -0.2) is 31.1 Å². The average Bonchev–Trinajstić information content (AvgIpc) is 2.87. The van der Waals surface area contributed by atoms with Crippen LogP contribution in [0.5, 0.6) is 0 Å². The van der Waals surface area contributed by atoms with Crippen LogP contribution < -0.4 is 11.1 Å². The van der Waals surface area contributed by atoms with E-state index < -0.39 is 0 Å². The van der Waals surface area contributed by atoms with Crippen LogP contribution in [0.15, 0.2) is 18.2 Å². The van der Waals surface area contributed by atoms with Gasteiger partial charge in [-0.05, 0) is 45.1 Å². The zero-order valence-corrected chi connectivity index (χ0v) is 11.7.